The van der Waals surface area contributed by atoms with E-state index in [9.17, 15) is 4.79 Å². The number of nitrogens with zero attached hydrogens (tertiary/aromatic N) is 6. The molecule has 5 rings (SSSR count). The number of tetrazole rings is 1. The first kappa shape index (κ1) is 19.8. The fourth-order valence-electron chi connectivity index (χ4n) is 3.90. The minimum atomic E-state index is -0.257. The molecule has 32 heavy (non-hydrogen) atoms. The maximum atomic E-state index is 12.2. The highest BCUT2D eigenvalue weighted by molar-refractivity contribution is 5.80. The normalized spacial score (nSPS) is 11.3. The third-order valence-corrected chi connectivity index (χ3v) is 5.53. The summed E-state index contributed by atoms with van der Waals surface area (Å²) in [5.41, 5.74) is 5.07. The fourth-order valence-corrected chi connectivity index (χ4v) is 3.90. The van der Waals surface area contributed by atoms with Gasteiger partial charge < -0.3 is 4.57 Å². The Hall–Kier alpha value is -4.14. The lowest BCUT2D eigenvalue weighted by molar-refractivity contribution is 0.689. The van der Waals surface area contributed by atoms with Gasteiger partial charge in [-0.15, -0.1) is 10.2 Å². The molecule has 0 atom stereocenters. The number of imidazole rings is 1. The van der Waals surface area contributed by atoms with E-state index in [0.29, 0.717) is 17.9 Å². The minimum Gasteiger partial charge on any atom is -0.322 e. The van der Waals surface area contributed by atoms with E-state index in [4.69, 9.17) is 0 Å². The number of aryl methyl sites for hydroxylation is 1. The smallest absolute Gasteiger partial charge is 0.292 e. The van der Waals surface area contributed by atoms with Crippen LogP contribution in [0.15, 0.2) is 59.5 Å². The third kappa shape index (κ3) is 3.68. The summed E-state index contributed by atoms with van der Waals surface area (Å²) in [6, 6.07) is 16.3. The summed E-state index contributed by atoms with van der Waals surface area (Å²) in [7, 11) is 0. The van der Waals surface area contributed by atoms with Crippen molar-refractivity contribution in [1.29, 1.82) is 0 Å². The van der Waals surface area contributed by atoms with Gasteiger partial charge in [-0.25, -0.2) is 10.1 Å². The van der Waals surface area contributed by atoms with Gasteiger partial charge in [0.25, 0.3) is 5.56 Å². The third-order valence-electron chi connectivity index (χ3n) is 5.53. The van der Waals surface area contributed by atoms with Crippen LogP contribution >= 0.6 is 0 Å². The molecule has 0 radical (unpaired) electrons. The predicted octanol–water partition coefficient (Wildman–Crippen LogP) is 3.36. The zero-order chi connectivity index (χ0) is 21.9. The lowest BCUT2D eigenvalue weighted by Crippen LogP contribution is -2.09. The van der Waals surface area contributed by atoms with E-state index >= 15 is 0 Å². The van der Waals surface area contributed by atoms with Crippen LogP contribution in [0.2, 0.25) is 0 Å². The number of rotatable bonds is 7. The standard InChI is InChI=1S/C23H22N8O/c1-2-3-8-20-25-21-19(13-24-28-23(21)32)31(20)14-15-9-11-16(12-10-15)17-6-4-5-7-18(17)22-26-29-30-27-22/h4-7,9-13H,2-3,8,14H2,1H3,(H,28,32)(H,26,27,29,30). The largest absolute Gasteiger partial charge is 0.322 e. The molecule has 0 saturated heterocycles. The number of aromatic amines is 2. The number of nitrogens with one attached hydrogen (secondary N) is 2. The van der Waals surface area contributed by atoms with Crippen LogP contribution in [0.5, 0.6) is 0 Å². The molecular formula is C23H22N8O. The summed E-state index contributed by atoms with van der Waals surface area (Å²) in [4.78, 5) is 16.8. The second-order valence-corrected chi connectivity index (χ2v) is 7.63. The van der Waals surface area contributed by atoms with Crippen molar-refractivity contribution >= 4 is 11.0 Å². The molecule has 0 unspecified atom stereocenters. The molecule has 0 fully saturated rings. The summed E-state index contributed by atoms with van der Waals surface area (Å²) in [6.45, 7) is 2.76. The SMILES string of the molecule is CCCCc1nc2c(=O)[nH]ncc2n1Cc1ccc(-c2ccccc2-c2nn[nH]n2)cc1. The first-order valence-electron chi connectivity index (χ1n) is 10.6. The molecule has 9 heteroatoms. The molecule has 9 nitrogen and oxygen atoms in total. The predicted molar refractivity (Wildman–Crippen MR) is 121 cm³/mol. The Labute approximate surface area is 183 Å². The van der Waals surface area contributed by atoms with Gasteiger partial charge in [0, 0.05) is 18.5 Å². The zero-order valence-electron chi connectivity index (χ0n) is 17.6. The molecule has 5 aromatic rings. The molecule has 0 saturated carbocycles. The Kier molecular flexibility index (Phi) is 5.29. The first-order valence-corrected chi connectivity index (χ1v) is 10.6. The van der Waals surface area contributed by atoms with Crippen LogP contribution in [0.4, 0.5) is 0 Å². The van der Waals surface area contributed by atoms with Crippen molar-refractivity contribution in [3.05, 3.63) is 76.5 Å². The van der Waals surface area contributed by atoms with E-state index < -0.39 is 0 Å². The van der Waals surface area contributed by atoms with Gasteiger partial charge in [-0.2, -0.15) is 10.3 Å². The molecule has 0 bridgehead atoms. The van der Waals surface area contributed by atoms with Gasteiger partial charge >= 0.3 is 0 Å². The highest BCUT2D eigenvalue weighted by Crippen LogP contribution is 2.30. The van der Waals surface area contributed by atoms with Crippen LogP contribution in [0, 0.1) is 0 Å². The fraction of sp³-hybridized carbons (Fsp3) is 0.217. The number of aromatic nitrogens is 8. The molecule has 0 aliphatic rings. The van der Waals surface area contributed by atoms with E-state index in [1.165, 1.54) is 0 Å². The van der Waals surface area contributed by atoms with Gasteiger partial charge in [0.15, 0.2) is 5.52 Å². The lowest BCUT2D eigenvalue weighted by atomic mass is 9.98. The molecule has 2 N–H and O–H groups in total. The molecule has 3 aromatic heterocycles. The summed E-state index contributed by atoms with van der Waals surface area (Å²) in [6.07, 6.45) is 4.57. The van der Waals surface area contributed by atoms with Crippen LogP contribution in [0.3, 0.4) is 0 Å². The second kappa shape index (κ2) is 8.54. The highest BCUT2D eigenvalue weighted by atomic mass is 16.1. The quantitative estimate of drug-likeness (QED) is 0.412. The van der Waals surface area contributed by atoms with Crippen molar-refractivity contribution in [2.24, 2.45) is 0 Å². The van der Waals surface area contributed by atoms with Crippen LogP contribution < -0.4 is 5.56 Å². The molecule has 0 amide bonds. The van der Waals surface area contributed by atoms with Crippen molar-refractivity contribution in [2.45, 2.75) is 32.7 Å². The van der Waals surface area contributed by atoms with E-state index in [0.717, 1.165) is 52.9 Å². The van der Waals surface area contributed by atoms with Crippen LogP contribution in [-0.4, -0.2) is 40.4 Å². The van der Waals surface area contributed by atoms with Crippen LogP contribution in [0.1, 0.15) is 31.2 Å². The number of hydrogen-bond donors (Lipinski definition) is 2. The highest BCUT2D eigenvalue weighted by Gasteiger charge is 2.15. The number of unbranched alkanes of at least 4 members (excludes halogenated alkanes) is 1. The van der Waals surface area contributed by atoms with Crippen molar-refractivity contribution in [3.63, 3.8) is 0 Å². The maximum Gasteiger partial charge on any atom is 0.292 e. The van der Waals surface area contributed by atoms with Crippen molar-refractivity contribution < 1.29 is 0 Å². The summed E-state index contributed by atoms with van der Waals surface area (Å²) in [5.74, 6) is 1.47. The topological polar surface area (TPSA) is 118 Å². The Morgan fingerprint density at radius 3 is 2.59 bits per heavy atom. The van der Waals surface area contributed by atoms with E-state index in [-0.39, 0.29) is 5.56 Å². The van der Waals surface area contributed by atoms with Gasteiger partial charge in [0.1, 0.15) is 5.82 Å². The zero-order valence-corrected chi connectivity index (χ0v) is 17.6. The molecule has 0 spiro atoms. The monoisotopic (exact) mass is 426 g/mol. The van der Waals surface area contributed by atoms with E-state index in [2.05, 4.69) is 71.6 Å². The van der Waals surface area contributed by atoms with Gasteiger partial charge in [0.2, 0.25) is 5.82 Å². The maximum absolute atomic E-state index is 12.2. The van der Waals surface area contributed by atoms with Gasteiger partial charge in [-0.3, -0.25) is 4.79 Å². The summed E-state index contributed by atoms with van der Waals surface area (Å²) in [5, 5.41) is 20.9. The Morgan fingerprint density at radius 2 is 1.84 bits per heavy atom. The van der Waals surface area contributed by atoms with Crippen molar-refractivity contribution in [2.75, 3.05) is 0 Å². The van der Waals surface area contributed by atoms with Crippen molar-refractivity contribution in [3.8, 4) is 22.5 Å². The second-order valence-electron chi connectivity index (χ2n) is 7.63. The lowest BCUT2D eigenvalue weighted by Gasteiger charge is -2.11. The molecule has 3 heterocycles. The van der Waals surface area contributed by atoms with Gasteiger partial charge in [0.05, 0.1) is 11.7 Å². The Balaban J connectivity index is 1.49. The Bertz CT molecular complexity index is 1400. The molecule has 2 aromatic carbocycles. The number of fused-ring (bicyclic) bond motifs is 1. The van der Waals surface area contributed by atoms with Gasteiger partial charge in [-0.05, 0) is 28.3 Å². The molecular weight excluding hydrogens is 404 g/mol. The minimum absolute atomic E-state index is 0.257. The van der Waals surface area contributed by atoms with Crippen molar-refractivity contribution in [1.82, 2.24) is 40.4 Å². The van der Waals surface area contributed by atoms with Gasteiger partial charge in [-0.1, -0.05) is 61.9 Å². The number of benzene rings is 2. The average molecular weight is 426 g/mol. The average Bonchev–Trinajstić information content (AvgIpc) is 3.48. The van der Waals surface area contributed by atoms with E-state index in [1.807, 2.05) is 24.3 Å². The van der Waals surface area contributed by atoms with E-state index in [1.54, 1.807) is 6.20 Å². The summed E-state index contributed by atoms with van der Waals surface area (Å²) < 4.78 is 2.09. The molecule has 0 aliphatic heterocycles. The van der Waals surface area contributed by atoms with Crippen LogP contribution in [-0.2, 0) is 13.0 Å². The Morgan fingerprint density at radius 1 is 1.03 bits per heavy atom. The first-order chi connectivity index (χ1) is 15.7. The number of hydrogen-bond acceptors (Lipinski definition) is 6. The number of H-pyrrole nitrogens is 2. The molecule has 160 valence electrons. The molecule has 0 aliphatic carbocycles. The summed E-state index contributed by atoms with van der Waals surface area (Å²) >= 11 is 0. The van der Waals surface area contributed by atoms with Crippen LogP contribution in [0.25, 0.3) is 33.5 Å².